The van der Waals surface area contributed by atoms with Gasteiger partial charge in [-0.25, -0.2) is 0 Å². The molecule has 6 nitrogen and oxygen atoms in total. The van der Waals surface area contributed by atoms with Gasteiger partial charge >= 0.3 is 0 Å². The third-order valence-electron chi connectivity index (χ3n) is 5.48. The van der Waals surface area contributed by atoms with E-state index in [0.29, 0.717) is 5.75 Å². The van der Waals surface area contributed by atoms with Crippen LogP contribution in [0.2, 0.25) is 0 Å². The van der Waals surface area contributed by atoms with Crippen LogP contribution in [0.1, 0.15) is 43.8 Å². The standard InChI is InChI=1S/C19H25N3O3/c23-17(21-10-5-6-11-21)13-25-16-9-2-1-7-14(16)18-20-19(24)15-8-3-4-12-22(15)18/h1-2,7,9,15,18H,3-6,8,10-13H2,(H,20,24). The summed E-state index contributed by atoms with van der Waals surface area (Å²) in [5.74, 6) is 0.831. The lowest BCUT2D eigenvalue weighted by molar-refractivity contribution is -0.132. The quantitative estimate of drug-likeness (QED) is 0.903. The number of para-hydroxylation sites is 1. The van der Waals surface area contributed by atoms with Crippen LogP contribution < -0.4 is 10.1 Å². The summed E-state index contributed by atoms with van der Waals surface area (Å²) in [7, 11) is 0. The lowest BCUT2D eigenvalue weighted by atomic mass is 10.0. The molecule has 1 aromatic carbocycles. The summed E-state index contributed by atoms with van der Waals surface area (Å²) in [5, 5.41) is 3.11. The maximum absolute atomic E-state index is 12.3. The predicted octanol–water partition coefficient (Wildman–Crippen LogP) is 1.67. The second kappa shape index (κ2) is 7.04. The number of piperidine rings is 1. The molecule has 2 atom stereocenters. The Kier molecular flexibility index (Phi) is 4.61. The zero-order valence-corrected chi connectivity index (χ0v) is 14.4. The third kappa shape index (κ3) is 3.23. The van der Waals surface area contributed by atoms with Crippen LogP contribution in [-0.4, -0.2) is 53.9 Å². The van der Waals surface area contributed by atoms with Crippen molar-refractivity contribution in [2.45, 2.75) is 44.3 Å². The van der Waals surface area contributed by atoms with Crippen LogP contribution in [0, 0.1) is 0 Å². The fourth-order valence-electron chi connectivity index (χ4n) is 4.15. The van der Waals surface area contributed by atoms with Gasteiger partial charge in [-0.05, 0) is 31.7 Å². The van der Waals surface area contributed by atoms with Gasteiger partial charge in [-0.15, -0.1) is 0 Å². The molecule has 3 heterocycles. The van der Waals surface area contributed by atoms with Gasteiger partial charge in [-0.3, -0.25) is 14.5 Å². The SMILES string of the molecule is O=C1NC(c2ccccc2OCC(=O)N2CCCC2)N2CCCCC12. The number of hydrogen-bond acceptors (Lipinski definition) is 4. The number of rotatable bonds is 4. The van der Waals surface area contributed by atoms with Crippen molar-refractivity contribution < 1.29 is 14.3 Å². The Balaban J connectivity index is 1.49. The van der Waals surface area contributed by atoms with Gasteiger partial charge in [0.05, 0.1) is 6.04 Å². The molecule has 3 aliphatic heterocycles. The van der Waals surface area contributed by atoms with E-state index in [1.54, 1.807) is 0 Å². The van der Waals surface area contributed by atoms with Crippen LogP contribution in [0.5, 0.6) is 5.75 Å². The Hall–Kier alpha value is -2.08. The van der Waals surface area contributed by atoms with Gasteiger partial charge in [0.1, 0.15) is 11.9 Å². The number of carbonyl (C=O) groups excluding carboxylic acids is 2. The summed E-state index contributed by atoms with van der Waals surface area (Å²) in [6, 6.07) is 7.70. The molecule has 2 amide bonds. The fourth-order valence-corrected chi connectivity index (χ4v) is 4.15. The van der Waals surface area contributed by atoms with Crippen LogP contribution in [-0.2, 0) is 9.59 Å². The number of amides is 2. The Morgan fingerprint density at radius 1 is 1.12 bits per heavy atom. The Labute approximate surface area is 148 Å². The summed E-state index contributed by atoms with van der Waals surface area (Å²) < 4.78 is 5.87. The number of likely N-dealkylation sites (tertiary alicyclic amines) is 1. The van der Waals surface area contributed by atoms with E-state index < -0.39 is 0 Å². The van der Waals surface area contributed by atoms with E-state index in [-0.39, 0.29) is 30.6 Å². The number of nitrogens with one attached hydrogen (secondary N) is 1. The van der Waals surface area contributed by atoms with E-state index in [9.17, 15) is 9.59 Å². The molecule has 4 rings (SSSR count). The Bertz CT molecular complexity index is 657. The first-order valence-corrected chi connectivity index (χ1v) is 9.29. The van der Waals surface area contributed by atoms with E-state index in [2.05, 4.69) is 10.2 Å². The van der Waals surface area contributed by atoms with Gasteiger partial charge in [0, 0.05) is 25.2 Å². The number of hydrogen-bond donors (Lipinski definition) is 1. The van der Waals surface area contributed by atoms with E-state index in [0.717, 1.165) is 57.3 Å². The van der Waals surface area contributed by atoms with Crippen molar-refractivity contribution in [1.82, 2.24) is 15.1 Å². The van der Waals surface area contributed by atoms with Crippen LogP contribution >= 0.6 is 0 Å². The van der Waals surface area contributed by atoms with E-state index in [4.69, 9.17) is 4.74 Å². The molecule has 0 bridgehead atoms. The highest BCUT2D eigenvalue weighted by atomic mass is 16.5. The molecule has 6 heteroatoms. The second-order valence-corrected chi connectivity index (χ2v) is 7.07. The van der Waals surface area contributed by atoms with Gasteiger partial charge < -0.3 is 15.0 Å². The molecule has 2 unspecified atom stereocenters. The molecule has 134 valence electrons. The molecule has 0 aliphatic carbocycles. The molecule has 3 fully saturated rings. The summed E-state index contributed by atoms with van der Waals surface area (Å²) in [6.45, 7) is 2.63. The van der Waals surface area contributed by atoms with Crippen LogP contribution in [0.3, 0.4) is 0 Å². The maximum Gasteiger partial charge on any atom is 0.260 e. The zero-order chi connectivity index (χ0) is 17.2. The van der Waals surface area contributed by atoms with Gasteiger partial charge in [-0.1, -0.05) is 24.6 Å². The third-order valence-corrected chi connectivity index (χ3v) is 5.48. The largest absolute Gasteiger partial charge is 0.483 e. The lowest BCUT2D eigenvalue weighted by Gasteiger charge is -2.32. The summed E-state index contributed by atoms with van der Waals surface area (Å²) in [4.78, 5) is 28.6. The van der Waals surface area contributed by atoms with Crippen molar-refractivity contribution in [2.75, 3.05) is 26.2 Å². The van der Waals surface area contributed by atoms with E-state index in [1.165, 1.54) is 0 Å². The van der Waals surface area contributed by atoms with Crippen LogP contribution in [0.4, 0.5) is 0 Å². The Morgan fingerprint density at radius 3 is 2.72 bits per heavy atom. The molecule has 3 saturated heterocycles. The zero-order valence-electron chi connectivity index (χ0n) is 14.4. The molecule has 0 spiro atoms. The Morgan fingerprint density at radius 2 is 1.88 bits per heavy atom. The highest BCUT2D eigenvalue weighted by Crippen LogP contribution is 2.36. The summed E-state index contributed by atoms with van der Waals surface area (Å²) >= 11 is 0. The molecule has 1 aromatic rings. The molecule has 0 radical (unpaired) electrons. The van der Waals surface area contributed by atoms with Crippen LogP contribution in [0.25, 0.3) is 0 Å². The molecule has 25 heavy (non-hydrogen) atoms. The molecule has 0 aromatic heterocycles. The second-order valence-electron chi connectivity index (χ2n) is 7.07. The molecule has 0 saturated carbocycles. The molecule has 3 aliphatic rings. The number of fused-ring (bicyclic) bond motifs is 1. The van der Waals surface area contributed by atoms with E-state index >= 15 is 0 Å². The van der Waals surface area contributed by atoms with Crippen molar-refractivity contribution in [2.24, 2.45) is 0 Å². The van der Waals surface area contributed by atoms with Gasteiger partial charge in [0.15, 0.2) is 6.61 Å². The number of carbonyl (C=O) groups is 2. The summed E-state index contributed by atoms with van der Waals surface area (Å²) in [5.41, 5.74) is 0.939. The minimum Gasteiger partial charge on any atom is -0.483 e. The average molecular weight is 343 g/mol. The smallest absolute Gasteiger partial charge is 0.260 e. The minimum absolute atomic E-state index is 0.0296. The topological polar surface area (TPSA) is 61.9 Å². The normalized spacial score (nSPS) is 26.4. The highest BCUT2D eigenvalue weighted by molar-refractivity contribution is 5.84. The summed E-state index contributed by atoms with van der Waals surface area (Å²) in [6.07, 6.45) is 5.12. The first-order valence-electron chi connectivity index (χ1n) is 9.29. The molecular formula is C19H25N3O3. The lowest BCUT2D eigenvalue weighted by Crippen LogP contribution is -2.38. The van der Waals surface area contributed by atoms with Gasteiger partial charge in [-0.2, -0.15) is 0 Å². The van der Waals surface area contributed by atoms with Crippen molar-refractivity contribution in [3.05, 3.63) is 29.8 Å². The predicted molar refractivity (Wildman–Crippen MR) is 93.0 cm³/mol. The maximum atomic E-state index is 12.3. The van der Waals surface area contributed by atoms with Crippen molar-refractivity contribution in [1.29, 1.82) is 0 Å². The van der Waals surface area contributed by atoms with E-state index in [1.807, 2.05) is 29.2 Å². The highest BCUT2D eigenvalue weighted by Gasteiger charge is 2.42. The van der Waals surface area contributed by atoms with Crippen molar-refractivity contribution >= 4 is 11.8 Å². The fraction of sp³-hybridized carbons (Fsp3) is 0.579. The molecular weight excluding hydrogens is 318 g/mol. The van der Waals surface area contributed by atoms with Crippen molar-refractivity contribution in [3.8, 4) is 5.75 Å². The van der Waals surface area contributed by atoms with Crippen molar-refractivity contribution in [3.63, 3.8) is 0 Å². The average Bonchev–Trinajstić information content (AvgIpc) is 3.29. The van der Waals surface area contributed by atoms with Gasteiger partial charge in [0.2, 0.25) is 5.91 Å². The first-order chi connectivity index (χ1) is 12.2. The van der Waals surface area contributed by atoms with Gasteiger partial charge in [0.25, 0.3) is 5.91 Å². The van der Waals surface area contributed by atoms with Crippen LogP contribution in [0.15, 0.2) is 24.3 Å². The molecule has 1 N–H and O–H groups in total. The first kappa shape index (κ1) is 16.4. The monoisotopic (exact) mass is 343 g/mol. The minimum atomic E-state index is -0.157. The number of ether oxygens (including phenoxy) is 1. The number of benzene rings is 1. The number of nitrogens with zero attached hydrogens (tertiary/aromatic N) is 2.